The molecule has 0 spiro atoms. The number of rotatable bonds is 8. The minimum atomic E-state index is -1.78. The Balaban J connectivity index is 0.000000270. The molecule has 1 amide bonds. The van der Waals surface area contributed by atoms with Crippen molar-refractivity contribution in [1.29, 1.82) is 0 Å². The second-order valence-corrected chi connectivity index (χ2v) is 9.68. The number of nitrogens with zero attached hydrogens (tertiary/aromatic N) is 4. The highest BCUT2D eigenvalue weighted by Gasteiger charge is 2.18. The largest absolute Gasteiger partial charge is 0.707 e. The predicted octanol–water partition coefficient (Wildman–Crippen LogP) is 4.12. The van der Waals surface area contributed by atoms with Crippen LogP contribution in [0.3, 0.4) is 0 Å². The van der Waals surface area contributed by atoms with E-state index in [4.69, 9.17) is 20.5 Å². The quantitative estimate of drug-likeness (QED) is 0.163. The number of hydrogen-bond donors (Lipinski definition) is 5. The third-order valence-electron chi connectivity index (χ3n) is 6.56. The highest BCUT2D eigenvalue weighted by Crippen LogP contribution is 2.33. The maximum Gasteiger partial charge on any atom is 0.707 e. The second kappa shape index (κ2) is 13.5. The molecule has 222 valence electrons. The lowest BCUT2D eigenvalue weighted by Crippen LogP contribution is -2.20. The molecule has 44 heavy (non-hydrogen) atoms. The van der Waals surface area contributed by atoms with Crippen LogP contribution < -0.4 is 20.4 Å². The van der Waals surface area contributed by atoms with E-state index in [2.05, 4.69) is 42.6 Å². The number of aromatic amines is 1. The van der Waals surface area contributed by atoms with Gasteiger partial charge in [-0.05, 0) is 54.1 Å². The van der Waals surface area contributed by atoms with Gasteiger partial charge in [0.2, 0.25) is 5.91 Å². The van der Waals surface area contributed by atoms with Gasteiger partial charge in [0.15, 0.2) is 5.82 Å². The van der Waals surface area contributed by atoms with E-state index in [1.165, 1.54) is 6.92 Å². The van der Waals surface area contributed by atoms with Crippen molar-refractivity contribution in [2.45, 2.75) is 13.5 Å². The molecule has 0 fully saturated rings. The normalized spacial score (nSPS) is 10.5. The van der Waals surface area contributed by atoms with E-state index in [0.29, 0.717) is 23.9 Å². The number of ether oxygens (including phenoxy) is 1. The van der Waals surface area contributed by atoms with Crippen LogP contribution in [-0.2, 0) is 11.3 Å². The van der Waals surface area contributed by atoms with Crippen LogP contribution in [0, 0.1) is 0 Å². The van der Waals surface area contributed by atoms with Crippen molar-refractivity contribution in [2.75, 3.05) is 18.2 Å². The van der Waals surface area contributed by atoms with Crippen molar-refractivity contribution in [2.24, 2.45) is 0 Å². The fourth-order valence-electron chi connectivity index (χ4n) is 4.53. The van der Waals surface area contributed by atoms with Crippen LogP contribution in [0.4, 0.5) is 11.5 Å². The summed E-state index contributed by atoms with van der Waals surface area (Å²) in [7, 11) is -0.227. The lowest BCUT2D eigenvalue weighted by molar-refractivity contribution is -0.114. The number of methoxy groups -OCH3 is 1. The number of carbonyl (C=O) groups is 1. The molecule has 2 heterocycles. The van der Waals surface area contributed by atoms with Gasteiger partial charge in [0.05, 0.1) is 24.9 Å². The van der Waals surface area contributed by atoms with Gasteiger partial charge >= 0.3 is 7.32 Å². The molecule has 12 nitrogen and oxygen atoms in total. The van der Waals surface area contributed by atoms with E-state index in [0.717, 1.165) is 44.7 Å². The Kier molecular flexibility index (Phi) is 9.18. The van der Waals surface area contributed by atoms with Crippen LogP contribution in [0.25, 0.3) is 33.4 Å². The number of fused-ring (bicyclic) bond motifs is 1. The van der Waals surface area contributed by atoms with E-state index >= 15 is 0 Å². The van der Waals surface area contributed by atoms with Gasteiger partial charge in [-0.3, -0.25) is 9.89 Å². The van der Waals surface area contributed by atoms with Gasteiger partial charge in [-0.1, -0.05) is 53.7 Å². The van der Waals surface area contributed by atoms with Crippen molar-refractivity contribution >= 4 is 35.6 Å². The number of hydrogen-bond acceptors (Lipinski definition) is 9. The van der Waals surface area contributed by atoms with E-state index < -0.39 is 7.32 Å². The number of anilines is 2. The first kappa shape index (κ1) is 29.8. The molecule has 0 aliphatic heterocycles. The Morgan fingerprint density at radius 3 is 2.30 bits per heavy atom. The summed E-state index contributed by atoms with van der Waals surface area (Å²) in [6.45, 7) is 2.06. The van der Waals surface area contributed by atoms with E-state index in [9.17, 15) is 4.79 Å². The molecule has 0 radical (unpaired) electrons. The third kappa shape index (κ3) is 7.21. The van der Waals surface area contributed by atoms with E-state index in [1.54, 1.807) is 31.4 Å². The van der Waals surface area contributed by atoms with Gasteiger partial charge < -0.3 is 30.5 Å². The molecule has 6 N–H and O–H groups in total. The molecule has 4 aromatic carbocycles. The standard InChI is InChI=1S/C24H21N7O.C7H9BO4/c1-15(32)26-19-10-7-17(8-11-19)23-22(18-9-12-21-20(13-18)24(25)29-27-21)28-30-31(23)14-16-5-3-2-4-6-16;1-11-6-2-4-7(5-3-6)12-8(9)10/h2-13H,14H2,1H3,(H,26,32)(H3,25,27,29);2-5,9-10H,1H3. The summed E-state index contributed by atoms with van der Waals surface area (Å²) in [5.41, 5.74) is 12.2. The summed E-state index contributed by atoms with van der Waals surface area (Å²) < 4.78 is 11.4. The van der Waals surface area contributed by atoms with Gasteiger partial charge in [0, 0.05) is 29.1 Å². The van der Waals surface area contributed by atoms with Gasteiger partial charge in [-0.25, -0.2) is 4.68 Å². The van der Waals surface area contributed by atoms with Crippen molar-refractivity contribution in [3.8, 4) is 34.0 Å². The fraction of sp³-hybridized carbons (Fsp3) is 0.0968. The van der Waals surface area contributed by atoms with E-state index in [1.807, 2.05) is 65.3 Å². The first-order valence-electron chi connectivity index (χ1n) is 13.6. The SMILES string of the molecule is CC(=O)Nc1ccc(-c2c(-c3ccc4[nH]nc(N)c4c3)nnn2Cc2ccccc2)cc1.COc1ccc(OB(O)O)cc1. The Labute approximate surface area is 253 Å². The van der Waals surface area contributed by atoms with Gasteiger partial charge in [0.1, 0.15) is 17.2 Å². The molecular formula is C31H30BN7O5. The fourth-order valence-corrected chi connectivity index (χ4v) is 4.53. The number of carbonyl (C=O) groups excluding carboxylic acids is 1. The Bertz CT molecular complexity index is 1840. The zero-order chi connectivity index (χ0) is 31.1. The summed E-state index contributed by atoms with van der Waals surface area (Å²) in [6.07, 6.45) is 0. The number of H-pyrrole nitrogens is 1. The zero-order valence-corrected chi connectivity index (χ0v) is 24.0. The maximum atomic E-state index is 11.4. The van der Waals surface area contributed by atoms with Crippen LogP contribution in [-0.4, -0.2) is 55.6 Å². The molecule has 0 aliphatic rings. The van der Waals surface area contributed by atoms with Crippen LogP contribution in [0.15, 0.2) is 97.1 Å². The number of aromatic nitrogens is 5. The lowest BCUT2D eigenvalue weighted by atomic mass is 10.0. The average molecular weight is 591 g/mol. The summed E-state index contributed by atoms with van der Waals surface area (Å²) in [5, 5.41) is 36.5. The summed E-state index contributed by atoms with van der Waals surface area (Å²) in [6, 6.07) is 30.2. The molecule has 6 rings (SSSR count). The maximum absolute atomic E-state index is 11.4. The minimum Gasteiger partial charge on any atom is -0.512 e. The number of nitrogens with one attached hydrogen (secondary N) is 2. The number of benzene rings is 4. The highest BCUT2D eigenvalue weighted by atomic mass is 16.6. The molecule has 6 aromatic rings. The average Bonchev–Trinajstić information content (AvgIpc) is 3.61. The predicted molar refractivity (Wildman–Crippen MR) is 169 cm³/mol. The lowest BCUT2D eigenvalue weighted by Gasteiger charge is -2.10. The Morgan fingerprint density at radius 1 is 0.955 bits per heavy atom. The van der Waals surface area contributed by atoms with Crippen LogP contribution in [0.2, 0.25) is 0 Å². The first-order valence-corrected chi connectivity index (χ1v) is 13.6. The first-order chi connectivity index (χ1) is 21.3. The molecule has 13 heteroatoms. The molecule has 0 bridgehead atoms. The van der Waals surface area contributed by atoms with Crippen molar-refractivity contribution < 1.29 is 24.2 Å². The van der Waals surface area contributed by atoms with Crippen LogP contribution in [0.5, 0.6) is 11.5 Å². The summed E-state index contributed by atoms with van der Waals surface area (Å²) >= 11 is 0. The summed E-state index contributed by atoms with van der Waals surface area (Å²) in [4.78, 5) is 11.4. The van der Waals surface area contributed by atoms with Crippen molar-refractivity contribution in [1.82, 2.24) is 25.2 Å². The molecule has 0 saturated carbocycles. The summed E-state index contributed by atoms with van der Waals surface area (Å²) in [5.74, 6) is 1.40. The van der Waals surface area contributed by atoms with Crippen molar-refractivity contribution in [3.05, 3.63) is 103 Å². The number of amides is 1. The molecule has 0 unspecified atom stereocenters. The van der Waals surface area contributed by atoms with Gasteiger partial charge in [-0.15, -0.1) is 5.10 Å². The van der Waals surface area contributed by atoms with Gasteiger partial charge in [0.25, 0.3) is 0 Å². The molecular weight excluding hydrogens is 561 g/mol. The molecule has 2 aromatic heterocycles. The Morgan fingerprint density at radius 2 is 1.64 bits per heavy atom. The minimum absolute atomic E-state index is 0.111. The highest BCUT2D eigenvalue weighted by molar-refractivity contribution is 6.33. The smallest absolute Gasteiger partial charge is 0.512 e. The number of nitrogen functional groups attached to an aromatic ring is 1. The van der Waals surface area contributed by atoms with Gasteiger partial charge in [-0.2, -0.15) is 5.10 Å². The topological polar surface area (TPSA) is 173 Å². The number of nitrogens with two attached hydrogens (primary N) is 1. The third-order valence-corrected chi connectivity index (χ3v) is 6.56. The van der Waals surface area contributed by atoms with E-state index in [-0.39, 0.29) is 5.91 Å². The molecule has 0 aliphatic carbocycles. The molecule has 0 atom stereocenters. The molecule has 0 saturated heterocycles. The van der Waals surface area contributed by atoms with Crippen molar-refractivity contribution in [3.63, 3.8) is 0 Å². The van der Waals surface area contributed by atoms with Crippen LogP contribution in [0.1, 0.15) is 12.5 Å². The zero-order valence-electron chi connectivity index (χ0n) is 24.0. The monoisotopic (exact) mass is 591 g/mol. The second-order valence-electron chi connectivity index (χ2n) is 9.68. The van der Waals surface area contributed by atoms with Crippen LogP contribution >= 0.6 is 0 Å². The Hall–Kier alpha value is -5.66.